The van der Waals surface area contributed by atoms with Gasteiger partial charge in [-0.1, -0.05) is 6.07 Å². The number of anilines is 1. The zero-order valence-corrected chi connectivity index (χ0v) is 13.3. The fourth-order valence-corrected chi connectivity index (χ4v) is 2.04. The predicted molar refractivity (Wildman–Crippen MR) is 83.8 cm³/mol. The lowest BCUT2D eigenvalue weighted by Crippen LogP contribution is -2.15. The Balaban J connectivity index is 2.07. The van der Waals surface area contributed by atoms with Crippen LogP contribution in [0.2, 0.25) is 0 Å². The maximum atomic E-state index is 12.0. The van der Waals surface area contributed by atoms with Gasteiger partial charge in [-0.25, -0.2) is 4.98 Å². The van der Waals surface area contributed by atoms with E-state index in [4.69, 9.17) is 9.47 Å². The summed E-state index contributed by atoms with van der Waals surface area (Å²) in [7, 11) is 3.15. The number of hydrogen-bond donors (Lipinski definition) is 1. The molecule has 0 radical (unpaired) electrons. The average Bonchev–Trinajstić information content (AvgIpc) is 2.50. The van der Waals surface area contributed by atoms with Crippen molar-refractivity contribution in [3.63, 3.8) is 0 Å². The summed E-state index contributed by atoms with van der Waals surface area (Å²) in [6.45, 7) is 0. The molecule has 0 saturated heterocycles. The Morgan fingerprint density at radius 3 is 2.67 bits per heavy atom. The molecule has 0 spiro atoms. The molecule has 0 aliphatic carbocycles. The monoisotopic (exact) mass is 350 g/mol. The Morgan fingerprint density at radius 2 is 2.05 bits per heavy atom. The summed E-state index contributed by atoms with van der Waals surface area (Å²) in [6.07, 6.45) is 1.83. The Morgan fingerprint density at radius 1 is 1.24 bits per heavy atom. The number of carbonyl (C=O) groups excluding carboxylic acids is 1. The molecule has 0 aliphatic rings. The van der Waals surface area contributed by atoms with E-state index >= 15 is 0 Å². The Hall–Kier alpha value is -2.08. The van der Waals surface area contributed by atoms with E-state index in [9.17, 15) is 4.79 Å². The summed E-state index contributed by atoms with van der Waals surface area (Å²) in [5, 5.41) is 2.74. The number of rotatable bonds is 5. The molecule has 21 heavy (non-hydrogen) atoms. The van der Waals surface area contributed by atoms with E-state index in [0.717, 1.165) is 10.0 Å². The fraction of sp³-hybridized carbons (Fsp3) is 0.200. The van der Waals surface area contributed by atoms with Gasteiger partial charge in [-0.15, -0.1) is 0 Å². The van der Waals surface area contributed by atoms with Crippen LogP contribution in [0.15, 0.2) is 41.0 Å². The minimum atomic E-state index is -0.159. The van der Waals surface area contributed by atoms with Crippen molar-refractivity contribution >= 4 is 27.7 Å². The van der Waals surface area contributed by atoms with E-state index in [2.05, 4.69) is 26.2 Å². The van der Waals surface area contributed by atoms with Gasteiger partial charge in [0, 0.05) is 22.3 Å². The number of methoxy groups -OCH3 is 2. The van der Waals surface area contributed by atoms with Crippen LogP contribution in [0.25, 0.3) is 0 Å². The first-order valence-corrected chi connectivity index (χ1v) is 7.04. The average molecular weight is 351 g/mol. The van der Waals surface area contributed by atoms with Crippen LogP contribution < -0.4 is 14.8 Å². The van der Waals surface area contributed by atoms with Gasteiger partial charge in [-0.3, -0.25) is 4.79 Å². The van der Waals surface area contributed by atoms with Gasteiger partial charge >= 0.3 is 0 Å². The highest BCUT2D eigenvalue weighted by Gasteiger charge is 2.10. The van der Waals surface area contributed by atoms with Crippen molar-refractivity contribution < 1.29 is 14.3 Å². The van der Waals surface area contributed by atoms with Gasteiger partial charge in [-0.05, 0) is 34.1 Å². The highest BCUT2D eigenvalue weighted by atomic mass is 79.9. The van der Waals surface area contributed by atoms with Gasteiger partial charge in [0.1, 0.15) is 17.3 Å². The largest absolute Gasteiger partial charge is 0.497 e. The smallest absolute Gasteiger partial charge is 0.230 e. The van der Waals surface area contributed by atoms with Crippen LogP contribution in [0.3, 0.4) is 0 Å². The van der Waals surface area contributed by atoms with Crippen molar-refractivity contribution in [3.8, 4) is 11.5 Å². The third-order valence-electron chi connectivity index (χ3n) is 2.84. The summed E-state index contributed by atoms with van der Waals surface area (Å²) in [4.78, 5) is 16.1. The van der Waals surface area contributed by atoms with Crippen molar-refractivity contribution in [1.29, 1.82) is 0 Å². The lowest BCUT2D eigenvalue weighted by Gasteiger charge is -2.10. The molecule has 110 valence electrons. The molecule has 5 nitrogen and oxygen atoms in total. The predicted octanol–water partition coefficient (Wildman–Crippen LogP) is 3.04. The van der Waals surface area contributed by atoms with Crippen LogP contribution in [0.1, 0.15) is 5.56 Å². The molecular formula is C15H15BrN2O3. The molecule has 6 heteroatoms. The quantitative estimate of drug-likeness (QED) is 0.900. The third-order valence-corrected chi connectivity index (χ3v) is 3.31. The number of nitrogens with one attached hydrogen (secondary N) is 1. The fourth-order valence-electron chi connectivity index (χ4n) is 1.81. The first-order valence-electron chi connectivity index (χ1n) is 6.24. The molecular weight excluding hydrogens is 336 g/mol. The number of pyridine rings is 1. The molecule has 0 fully saturated rings. The Kier molecular flexibility index (Phi) is 5.16. The van der Waals surface area contributed by atoms with E-state index in [0.29, 0.717) is 17.3 Å². The number of carbonyl (C=O) groups is 1. The van der Waals surface area contributed by atoms with Crippen molar-refractivity contribution in [2.75, 3.05) is 19.5 Å². The lowest BCUT2D eigenvalue weighted by atomic mass is 10.1. The molecule has 0 aliphatic heterocycles. The number of halogens is 1. The van der Waals surface area contributed by atoms with Crippen molar-refractivity contribution in [3.05, 3.63) is 46.6 Å². The number of amides is 1. The van der Waals surface area contributed by atoms with Crippen molar-refractivity contribution in [1.82, 2.24) is 4.98 Å². The van der Waals surface area contributed by atoms with E-state index in [1.807, 2.05) is 12.1 Å². The van der Waals surface area contributed by atoms with Crippen LogP contribution in [0.4, 0.5) is 5.82 Å². The maximum absolute atomic E-state index is 12.0. The highest BCUT2D eigenvalue weighted by Crippen LogP contribution is 2.25. The Labute approximate surface area is 131 Å². The van der Waals surface area contributed by atoms with Crippen LogP contribution in [0, 0.1) is 0 Å². The normalized spacial score (nSPS) is 10.0. The standard InChI is InChI=1S/C15H15BrN2O3/c1-20-12-5-3-10(13(8-12)21-2)7-15(19)18-14-6-4-11(16)9-17-14/h3-6,8-9H,7H2,1-2H3,(H,17,18,19). The number of nitrogens with zero attached hydrogens (tertiary/aromatic N) is 1. The number of hydrogen-bond acceptors (Lipinski definition) is 4. The lowest BCUT2D eigenvalue weighted by molar-refractivity contribution is -0.115. The molecule has 1 amide bonds. The second-order valence-electron chi connectivity index (χ2n) is 4.26. The van der Waals surface area contributed by atoms with Crippen LogP contribution >= 0.6 is 15.9 Å². The van der Waals surface area contributed by atoms with Gasteiger partial charge < -0.3 is 14.8 Å². The molecule has 1 aromatic heterocycles. The summed E-state index contributed by atoms with van der Waals surface area (Å²) >= 11 is 3.29. The van der Waals surface area contributed by atoms with Crippen LogP contribution in [-0.4, -0.2) is 25.1 Å². The first kappa shape index (κ1) is 15.3. The molecule has 2 rings (SSSR count). The van der Waals surface area contributed by atoms with Gasteiger partial charge in [0.2, 0.25) is 5.91 Å². The van der Waals surface area contributed by atoms with Gasteiger partial charge in [-0.2, -0.15) is 0 Å². The zero-order valence-electron chi connectivity index (χ0n) is 11.7. The van der Waals surface area contributed by atoms with E-state index in [-0.39, 0.29) is 12.3 Å². The minimum Gasteiger partial charge on any atom is -0.497 e. The first-order chi connectivity index (χ1) is 10.1. The molecule has 0 saturated carbocycles. The summed E-state index contributed by atoms with van der Waals surface area (Å²) < 4.78 is 11.3. The molecule has 1 N–H and O–H groups in total. The maximum Gasteiger partial charge on any atom is 0.230 e. The SMILES string of the molecule is COc1ccc(CC(=O)Nc2ccc(Br)cn2)c(OC)c1. The number of aromatic nitrogens is 1. The summed E-state index contributed by atoms with van der Waals surface area (Å²) in [5.74, 6) is 1.66. The van der Waals surface area contributed by atoms with Crippen LogP contribution in [-0.2, 0) is 11.2 Å². The molecule has 0 atom stereocenters. The van der Waals surface area contributed by atoms with E-state index < -0.39 is 0 Å². The van der Waals surface area contributed by atoms with E-state index in [1.54, 1.807) is 38.6 Å². The van der Waals surface area contributed by atoms with E-state index in [1.165, 1.54) is 0 Å². The summed E-state index contributed by atoms with van der Waals surface area (Å²) in [6, 6.07) is 8.90. The second kappa shape index (κ2) is 7.08. The Bertz CT molecular complexity index is 629. The second-order valence-corrected chi connectivity index (χ2v) is 5.18. The molecule has 1 heterocycles. The molecule has 1 aromatic carbocycles. The minimum absolute atomic E-state index is 0.159. The summed E-state index contributed by atoms with van der Waals surface area (Å²) in [5.41, 5.74) is 0.785. The van der Waals surface area contributed by atoms with Crippen molar-refractivity contribution in [2.45, 2.75) is 6.42 Å². The number of ether oxygens (including phenoxy) is 2. The van der Waals surface area contributed by atoms with Crippen LogP contribution in [0.5, 0.6) is 11.5 Å². The molecule has 2 aromatic rings. The molecule has 0 bridgehead atoms. The van der Waals surface area contributed by atoms with Gasteiger partial charge in [0.25, 0.3) is 0 Å². The van der Waals surface area contributed by atoms with Crippen molar-refractivity contribution in [2.24, 2.45) is 0 Å². The third kappa shape index (κ3) is 4.19. The highest BCUT2D eigenvalue weighted by molar-refractivity contribution is 9.10. The van der Waals surface area contributed by atoms with Gasteiger partial charge in [0.05, 0.1) is 20.6 Å². The van der Waals surface area contributed by atoms with Gasteiger partial charge in [0.15, 0.2) is 0 Å². The number of benzene rings is 1. The zero-order chi connectivity index (χ0) is 15.2. The topological polar surface area (TPSA) is 60.5 Å². The molecule has 0 unspecified atom stereocenters.